The average molecular weight is 398 g/mol. The molecule has 1 aromatic carbocycles. The first kappa shape index (κ1) is 16.0. The number of halogens is 3. The van der Waals surface area contributed by atoms with E-state index in [2.05, 4.69) is 37.2 Å². The van der Waals surface area contributed by atoms with Crippen LogP contribution in [-0.4, -0.2) is 10.8 Å². The van der Waals surface area contributed by atoms with Gasteiger partial charge in [-0.05, 0) is 37.9 Å². The molecule has 0 bridgehead atoms. The van der Waals surface area contributed by atoms with Crippen LogP contribution in [0.1, 0.15) is 20.8 Å². The Kier molecular flexibility index (Phi) is 4.67. The van der Waals surface area contributed by atoms with Crippen LogP contribution >= 0.6 is 31.9 Å². The third kappa shape index (κ3) is 3.50. The largest absolute Gasteiger partial charge is 0.330 e. The van der Waals surface area contributed by atoms with Gasteiger partial charge in [0.1, 0.15) is 5.69 Å². The van der Waals surface area contributed by atoms with Crippen LogP contribution in [-0.2, 0) is 4.79 Å². The molecule has 8 heteroatoms. The van der Waals surface area contributed by atoms with Crippen molar-refractivity contribution in [3.63, 3.8) is 0 Å². The van der Waals surface area contributed by atoms with Crippen molar-refractivity contribution in [1.29, 1.82) is 0 Å². The van der Waals surface area contributed by atoms with Crippen molar-refractivity contribution in [2.24, 2.45) is 5.41 Å². The molecule has 1 amide bonds. The standard InChI is InChI=1S/C11H11Br2FN2O3/c1-11(2,3)10(17)15-8-6(13)4-5(12)7(14)9(8)16(18)19/h4H,1-3H3,(H,15,17). The summed E-state index contributed by atoms with van der Waals surface area (Å²) < 4.78 is 14.0. The predicted octanol–water partition coefficient (Wildman–Crippen LogP) is 4.24. The molecule has 1 N–H and O–H groups in total. The van der Waals surface area contributed by atoms with Gasteiger partial charge in [-0.1, -0.05) is 20.8 Å². The Labute approximate surface area is 126 Å². The van der Waals surface area contributed by atoms with Crippen LogP contribution in [0.5, 0.6) is 0 Å². The fourth-order valence-corrected chi connectivity index (χ4v) is 2.41. The Bertz CT molecular complexity index is 556. The number of hydrogen-bond donors (Lipinski definition) is 1. The molecule has 0 saturated carbocycles. The number of benzene rings is 1. The number of amides is 1. The van der Waals surface area contributed by atoms with E-state index in [1.807, 2.05) is 0 Å². The molecule has 0 aliphatic carbocycles. The van der Waals surface area contributed by atoms with Gasteiger partial charge in [-0.25, -0.2) is 0 Å². The van der Waals surface area contributed by atoms with Gasteiger partial charge in [0, 0.05) is 9.89 Å². The van der Waals surface area contributed by atoms with Crippen LogP contribution in [0.3, 0.4) is 0 Å². The van der Waals surface area contributed by atoms with Crippen LogP contribution in [0.2, 0.25) is 0 Å². The molecule has 0 aliphatic rings. The summed E-state index contributed by atoms with van der Waals surface area (Å²) in [6.07, 6.45) is 0. The van der Waals surface area contributed by atoms with Crippen molar-refractivity contribution < 1.29 is 14.1 Å². The highest BCUT2D eigenvalue weighted by Gasteiger charge is 2.30. The molecule has 0 aromatic heterocycles. The summed E-state index contributed by atoms with van der Waals surface area (Å²) in [6.45, 7) is 4.95. The summed E-state index contributed by atoms with van der Waals surface area (Å²) in [4.78, 5) is 21.9. The van der Waals surface area contributed by atoms with E-state index < -0.39 is 27.8 Å². The molecule has 0 aliphatic heterocycles. The Morgan fingerprint density at radius 2 is 1.89 bits per heavy atom. The molecule has 5 nitrogen and oxygen atoms in total. The zero-order valence-corrected chi connectivity index (χ0v) is 13.6. The normalized spacial score (nSPS) is 11.3. The molecule has 1 aromatic rings. The number of nitro groups is 1. The van der Waals surface area contributed by atoms with Crippen molar-refractivity contribution in [2.75, 3.05) is 5.32 Å². The van der Waals surface area contributed by atoms with Gasteiger partial charge < -0.3 is 5.32 Å². The van der Waals surface area contributed by atoms with Crippen molar-refractivity contribution in [1.82, 2.24) is 0 Å². The lowest BCUT2D eigenvalue weighted by Crippen LogP contribution is -2.28. The minimum absolute atomic E-state index is 0.0557. The number of rotatable bonds is 2. The number of carbonyl (C=O) groups is 1. The van der Waals surface area contributed by atoms with Gasteiger partial charge in [0.15, 0.2) is 0 Å². The number of nitro benzene ring substituents is 1. The van der Waals surface area contributed by atoms with E-state index >= 15 is 0 Å². The first-order chi connectivity index (χ1) is 8.55. The molecule has 0 heterocycles. The van der Waals surface area contributed by atoms with Gasteiger partial charge in [0.25, 0.3) is 0 Å². The van der Waals surface area contributed by atoms with Crippen LogP contribution in [0.25, 0.3) is 0 Å². The molecule has 1 rings (SSSR count). The second kappa shape index (κ2) is 5.54. The van der Waals surface area contributed by atoms with Gasteiger partial charge in [0.05, 0.1) is 9.40 Å². The molecule has 0 unspecified atom stereocenters. The smallest absolute Gasteiger partial charge is 0.319 e. The summed E-state index contributed by atoms with van der Waals surface area (Å²) >= 11 is 5.96. The number of nitrogens with one attached hydrogen (secondary N) is 1. The maximum absolute atomic E-state index is 13.8. The van der Waals surface area contributed by atoms with E-state index in [0.29, 0.717) is 0 Å². The Morgan fingerprint density at radius 3 is 2.32 bits per heavy atom. The van der Waals surface area contributed by atoms with Crippen molar-refractivity contribution in [2.45, 2.75) is 20.8 Å². The maximum atomic E-state index is 13.8. The van der Waals surface area contributed by atoms with Crippen LogP contribution in [0.4, 0.5) is 15.8 Å². The Balaban J connectivity index is 3.39. The Hall–Kier alpha value is -1.02. The molecular weight excluding hydrogens is 387 g/mol. The van der Waals surface area contributed by atoms with Gasteiger partial charge >= 0.3 is 5.69 Å². The summed E-state index contributed by atoms with van der Waals surface area (Å²) in [6, 6.07) is 1.31. The lowest BCUT2D eigenvalue weighted by molar-refractivity contribution is -0.386. The number of anilines is 1. The van der Waals surface area contributed by atoms with E-state index in [9.17, 15) is 19.3 Å². The summed E-state index contributed by atoms with van der Waals surface area (Å²) in [5, 5.41) is 13.3. The first-order valence-electron chi connectivity index (χ1n) is 5.19. The molecule has 19 heavy (non-hydrogen) atoms. The molecule has 0 fully saturated rings. The quantitative estimate of drug-likeness (QED) is 0.460. The zero-order valence-electron chi connectivity index (χ0n) is 10.4. The number of carbonyl (C=O) groups excluding carboxylic acids is 1. The summed E-state index contributed by atoms with van der Waals surface area (Å²) in [7, 11) is 0. The van der Waals surface area contributed by atoms with Crippen molar-refractivity contribution in [3.05, 3.63) is 30.9 Å². The van der Waals surface area contributed by atoms with E-state index in [1.54, 1.807) is 20.8 Å². The second-order valence-electron chi connectivity index (χ2n) is 4.84. The lowest BCUT2D eigenvalue weighted by Gasteiger charge is -2.18. The van der Waals surface area contributed by atoms with E-state index in [-0.39, 0.29) is 14.6 Å². The molecule has 0 spiro atoms. The predicted molar refractivity (Wildman–Crippen MR) is 76.5 cm³/mol. The highest BCUT2D eigenvalue weighted by molar-refractivity contribution is 9.11. The number of nitrogens with zero attached hydrogens (tertiary/aromatic N) is 1. The van der Waals surface area contributed by atoms with E-state index in [1.165, 1.54) is 6.07 Å². The van der Waals surface area contributed by atoms with Gasteiger partial charge in [0.2, 0.25) is 11.7 Å². The van der Waals surface area contributed by atoms with Crippen LogP contribution in [0.15, 0.2) is 15.0 Å². The van der Waals surface area contributed by atoms with Gasteiger partial charge in [-0.2, -0.15) is 4.39 Å². The highest BCUT2D eigenvalue weighted by Crippen LogP contribution is 2.39. The minimum Gasteiger partial charge on any atom is -0.319 e. The van der Waals surface area contributed by atoms with Crippen LogP contribution < -0.4 is 5.32 Å². The number of hydrogen-bond acceptors (Lipinski definition) is 3. The topological polar surface area (TPSA) is 72.2 Å². The molecule has 0 radical (unpaired) electrons. The SMILES string of the molecule is CC(C)(C)C(=O)Nc1c(Br)cc(Br)c(F)c1[N+](=O)[O-]. The third-order valence-corrected chi connectivity index (χ3v) is 3.45. The second-order valence-corrected chi connectivity index (χ2v) is 6.55. The molecule has 0 saturated heterocycles. The van der Waals surface area contributed by atoms with Gasteiger partial charge in [-0.3, -0.25) is 14.9 Å². The first-order valence-corrected chi connectivity index (χ1v) is 6.77. The fraction of sp³-hybridized carbons (Fsp3) is 0.364. The minimum atomic E-state index is -1.03. The maximum Gasteiger partial charge on any atom is 0.330 e. The fourth-order valence-electron chi connectivity index (χ4n) is 1.17. The van der Waals surface area contributed by atoms with Gasteiger partial charge in [-0.15, -0.1) is 0 Å². The molecule has 104 valence electrons. The monoisotopic (exact) mass is 396 g/mol. The van der Waals surface area contributed by atoms with Crippen LogP contribution in [0, 0.1) is 21.3 Å². The molecular formula is C11H11Br2FN2O3. The lowest BCUT2D eigenvalue weighted by atomic mass is 9.95. The third-order valence-electron chi connectivity index (χ3n) is 2.25. The zero-order chi connectivity index (χ0) is 15.0. The average Bonchev–Trinajstić information content (AvgIpc) is 2.23. The van der Waals surface area contributed by atoms with Crippen molar-refractivity contribution in [3.8, 4) is 0 Å². The summed E-state index contributed by atoms with van der Waals surface area (Å²) in [5.74, 6) is -1.48. The highest BCUT2D eigenvalue weighted by atomic mass is 79.9. The van der Waals surface area contributed by atoms with E-state index in [4.69, 9.17) is 0 Å². The summed E-state index contributed by atoms with van der Waals surface area (Å²) in [5.41, 5.74) is -1.72. The Morgan fingerprint density at radius 1 is 1.37 bits per heavy atom. The van der Waals surface area contributed by atoms with Crippen molar-refractivity contribution >= 4 is 49.1 Å². The van der Waals surface area contributed by atoms with E-state index in [0.717, 1.165) is 0 Å². The molecule has 0 atom stereocenters.